The number of fused-ring (bicyclic) bond motifs is 1. The summed E-state index contributed by atoms with van der Waals surface area (Å²) in [6.07, 6.45) is 2.14. The van der Waals surface area contributed by atoms with Gasteiger partial charge in [-0.1, -0.05) is 37.6 Å². The van der Waals surface area contributed by atoms with Crippen LogP contribution in [-0.2, 0) is 0 Å². The van der Waals surface area contributed by atoms with Crippen molar-refractivity contribution in [3.63, 3.8) is 0 Å². The Morgan fingerprint density at radius 1 is 0.839 bits per heavy atom. The first-order valence-electron chi connectivity index (χ1n) is 10.2. The molecule has 0 aliphatic heterocycles. The predicted octanol–water partition coefficient (Wildman–Crippen LogP) is 5.86. The van der Waals surface area contributed by atoms with Crippen LogP contribution in [0.15, 0.2) is 88.1 Å². The Morgan fingerprint density at radius 3 is 2.23 bits per heavy atom. The van der Waals surface area contributed by atoms with Crippen LogP contribution in [0, 0.1) is 0 Å². The summed E-state index contributed by atoms with van der Waals surface area (Å²) in [5.74, 6) is 0.782. The first kappa shape index (κ1) is 20.4. The lowest BCUT2D eigenvalue weighted by atomic mass is 10.0. The smallest absolute Gasteiger partial charge is 0.343 e. The number of esters is 1. The van der Waals surface area contributed by atoms with Crippen LogP contribution in [0.1, 0.15) is 30.1 Å². The van der Waals surface area contributed by atoms with Gasteiger partial charge in [-0.2, -0.15) is 0 Å². The van der Waals surface area contributed by atoms with Gasteiger partial charge in [0.05, 0.1) is 12.2 Å². The summed E-state index contributed by atoms with van der Waals surface area (Å²) < 4.78 is 16.3. The molecule has 0 unspecified atom stereocenters. The molecule has 0 amide bonds. The summed E-state index contributed by atoms with van der Waals surface area (Å²) in [5.41, 5.74) is 2.51. The van der Waals surface area contributed by atoms with Gasteiger partial charge in [-0.15, -0.1) is 0 Å². The maximum atomic E-state index is 12.5. The molecule has 1 heterocycles. The van der Waals surface area contributed by atoms with Gasteiger partial charge in [0.2, 0.25) is 0 Å². The Kier molecular flexibility index (Phi) is 6.13. The molecule has 4 rings (SSSR count). The van der Waals surface area contributed by atoms with Gasteiger partial charge >= 0.3 is 11.6 Å². The summed E-state index contributed by atoms with van der Waals surface area (Å²) in [7, 11) is 0. The fourth-order valence-corrected chi connectivity index (χ4v) is 3.16. The highest BCUT2D eigenvalue weighted by Gasteiger charge is 2.10. The molecule has 0 aliphatic carbocycles. The summed E-state index contributed by atoms with van der Waals surface area (Å²) in [6, 6.07) is 23.0. The van der Waals surface area contributed by atoms with E-state index in [0.29, 0.717) is 22.3 Å². The Bertz CT molecular complexity index is 1240. The molecular formula is C26H22O5. The van der Waals surface area contributed by atoms with Crippen LogP contribution in [0.3, 0.4) is 0 Å². The van der Waals surface area contributed by atoms with Crippen molar-refractivity contribution in [2.45, 2.75) is 19.8 Å². The topological polar surface area (TPSA) is 65.7 Å². The Morgan fingerprint density at radius 2 is 1.52 bits per heavy atom. The van der Waals surface area contributed by atoms with Crippen LogP contribution >= 0.6 is 0 Å². The van der Waals surface area contributed by atoms with Crippen LogP contribution < -0.4 is 15.1 Å². The fourth-order valence-electron chi connectivity index (χ4n) is 3.16. The minimum absolute atomic E-state index is 0.383. The molecule has 3 aromatic carbocycles. The molecule has 0 aliphatic rings. The molecule has 0 atom stereocenters. The maximum absolute atomic E-state index is 12.5. The van der Waals surface area contributed by atoms with Crippen molar-refractivity contribution in [3.8, 4) is 22.6 Å². The molecule has 0 bridgehead atoms. The highest BCUT2D eigenvalue weighted by Crippen LogP contribution is 2.24. The average Bonchev–Trinajstić information content (AvgIpc) is 2.80. The van der Waals surface area contributed by atoms with Gasteiger partial charge in [0.15, 0.2) is 0 Å². The van der Waals surface area contributed by atoms with Gasteiger partial charge in [0, 0.05) is 11.5 Å². The second-order valence-electron chi connectivity index (χ2n) is 7.15. The van der Waals surface area contributed by atoms with Crippen molar-refractivity contribution >= 4 is 16.9 Å². The van der Waals surface area contributed by atoms with Gasteiger partial charge in [0.25, 0.3) is 0 Å². The van der Waals surface area contributed by atoms with E-state index in [0.717, 1.165) is 36.3 Å². The first-order chi connectivity index (χ1) is 15.1. The second-order valence-corrected chi connectivity index (χ2v) is 7.15. The molecule has 0 spiro atoms. The third kappa shape index (κ3) is 5.01. The van der Waals surface area contributed by atoms with E-state index in [1.807, 2.05) is 36.4 Å². The van der Waals surface area contributed by atoms with Crippen LogP contribution in [0.25, 0.3) is 22.1 Å². The number of rotatable bonds is 7. The maximum Gasteiger partial charge on any atom is 0.343 e. The molecule has 4 aromatic rings. The fraction of sp³-hybridized carbons (Fsp3) is 0.154. The second kappa shape index (κ2) is 9.30. The number of carbonyl (C=O) groups is 1. The van der Waals surface area contributed by atoms with E-state index in [1.165, 1.54) is 6.07 Å². The standard InChI is InChI=1S/C26H22O5/c1-2-3-16-29-22-11-8-19(9-12-22)18-4-6-20(7-5-18)26(28)30-23-13-14-24-21(17-23)10-15-25(27)31-24/h4-15,17H,2-3,16H2,1H3. The van der Waals surface area contributed by atoms with Gasteiger partial charge in [-0.3, -0.25) is 0 Å². The zero-order valence-corrected chi connectivity index (χ0v) is 17.2. The van der Waals surface area contributed by atoms with E-state index >= 15 is 0 Å². The Labute approximate surface area is 179 Å². The van der Waals surface area contributed by atoms with Gasteiger partial charge in [-0.25, -0.2) is 9.59 Å². The zero-order valence-electron chi connectivity index (χ0n) is 17.2. The van der Waals surface area contributed by atoms with Gasteiger partial charge < -0.3 is 13.9 Å². The first-order valence-corrected chi connectivity index (χ1v) is 10.2. The molecule has 1 aromatic heterocycles. The number of unbranched alkanes of at least 4 members (excludes halogenated alkanes) is 1. The van der Waals surface area contributed by atoms with Gasteiger partial charge in [-0.05, 0) is 66.1 Å². The number of hydrogen-bond acceptors (Lipinski definition) is 5. The van der Waals surface area contributed by atoms with Crippen molar-refractivity contribution in [1.29, 1.82) is 0 Å². The van der Waals surface area contributed by atoms with E-state index in [4.69, 9.17) is 13.9 Å². The molecule has 0 N–H and O–H groups in total. The molecule has 0 saturated carbocycles. The molecule has 0 radical (unpaired) electrons. The lowest BCUT2D eigenvalue weighted by Gasteiger charge is -2.08. The molecule has 0 saturated heterocycles. The minimum Gasteiger partial charge on any atom is -0.494 e. The summed E-state index contributed by atoms with van der Waals surface area (Å²) in [5, 5.41) is 0.683. The molecule has 31 heavy (non-hydrogen) atoms. The highest BCUT2D eigenvalue weighted by atomic mass is 16.5. The number of benzene rings is 3. The Balaban J connectivity index is 1.43. The molecular weight excluding hydrogens is 392 g/mol. The van der Waals surface area contributed by atoms with Crippen LogP contribution in [0.2, 0.25) is 0 Å². The largest absolute Gasteiger partial charge is 0.494 e. The highest BCUT2D eigenvalue weighted by molar-refractivity contribution is 5.92. The van der Waals surface area contributed by atoms with Gasteiger partial charge in [0.1, 0.15) is 17.1 Å². The number of ether oxygens (including phenoxy) is 2. The number of carbonyl (C=O) groups excluding carboxylic acids is 1. The van der Waals surface area contributed by atoms with E-state index in [1.54, 1.807) is 36.4 Å². The van der Waals surface area contributed by atoms with Crippen LogP contribution in [0.4, 0.5) is 0 Å². The Hall–Kier alpha value is -3.86. The average molecular weight is 414 g/mol. The monoisotopic (exact) mass is 414 g/mol. The van der Waals surface area contributed by atoms with Crippen LogP contribution in [-0.4, -0.2) is 12.6 Å². The summed E-state index contributed by atoms with van der Waals surface area (Å²) >= 11 is 0. The SMILES string of the molecule is CCCCOc1ccc(-c2ccc(C(=O)Oc3ccc4oc(=O)ccc4c3)cc2)cc1. The van der Waals surface area contributed by atoms with E-state index < -0.39 is 11.6 Å². The van der Waals surface area contributed by atoms with Crippen molar-refractivity contribution in [3.05, 3.63) is 94.8 Å². The van der Waals surface area contributed by atoms with Crippen molar-refractivity contribution in [2.75, 3.05) is 6.61 Å². The van der Waals surface area contributed by atoms with E-state index in [9.17, 15) is 9.59 Å². The van der Waals surface area contributed by atoms with Crippen molar-refractivity contribution in [1.82, 2.24) is 0 Å². The van der Waals surface area contributed by atoms with E-state index in [2.05, 4.69) is 6.92 Å². The quantitative estimate of drug-likeness (QED) is 0.164. The van der Waals surface area contributed by atoms with Crippen LogP contribution in [0.5, 0.6) is 11.5 Å². The molecule has 156 valence electrons. The molecule has 5 heteroatoms. The van der Waals surface area contributed by atoms with Crippen molar-refractivity contribution in [2.24, 2.45) is 0 Å². The summed E-state index contributed by atoms with van der Waals surface area (Å²) in [6.45, 7) is 2.85. The predicted molar refractivity (Wildman–Crippen MR) is 120 cm³/mol. The summed E-state index contributed by atoms with van der Waals surface area (Å²) in [4.78, 5) is 23.8. The zero-order chi connectivity index (χ0) is 21.6. The lowest BCUT2D eigenvalue weighted by Crippen LogP contribution is -2.08. The van der Waals surface area contributed by atoms with E-state index in [-0.39, 0.29) is 0 Å². The normalized spacial score (nSPS) is 10.7. The van der Waals surface area contributed by atoms with Crippen molar-refractivity contribution < 1.29 is 18.7 Å². The molecule has 5 nitrogen and oxygen atoms in total. The third-order valence-electron chi connectivity index (χ3n) is 4.88. The third-order valence-corrected chi connectivity index (χ3v) is 4.88. The molecule has 0 fully saturated rings. The lowest BCUT2D eigenvalue weighted by molar-refractivity contribution is 0.0735. The number of hydrogen-bond donors (Lipinski definition) is 0. The minimum atomic E-state index is -0.456.